The lowest BCUT2D eigenvalue weighted by Gasteiger charge is -2.27. The summed E-state index contributed by atoms with van der Waals surface area (Å²) >= 11 is 0. The van der Waals surface area contributed by atoms with Gasteiger partial charge in [0, 0.05) is 13.1 Å². The summed E-state index contributed by atoms with van der Waals surface area (Å²) in [7, 11) is 0. The molecule has 1 aromatic rings. The van der Waals surface area contributed by atoms with Crippen LogP contribution in [-0.4, -0.2) is 25.0 Å². The molecule has 3 N–H and O–H groups in total. The van der Waals surface area contributed by atoms with Gasteiger partial charge >= 0.3 is 0 Å². The van der Waals surface area contributed by atoms with Gasteiger partial charge in [-0.3, -0.25) is 4.79 Å². The maximum absolute atomic E-state index is 11.6. The van der Waals surface area contributed by atoms with Gasteiger partial charge in [-0.05, 0) is 19.1 Å². The van der Waals surface area contributed by atoms with Crippen LogP contribution in [0.25, 0.3) is 0 Å². The molecule has 0 spiro atoms. The lowest BCUT2D eigenvalue weighted by atomic mass is 10.1. The van der Waals surface area contributed by atoms with Crippen molar-refractivity contribution in [1.82, 2.24) is 5.32 Å². The minimum atomic E-state index is -0.181. The van der Waals surface area contributed by atoms with E-state index in [1.807, 2.05) is 31.2 Å². The third kappa shape index (κ3) is 2.03. The van der Waals surface area contributed by atoms with Crippen LogP contribution in [0.5, 0.6) is 0 Å². The SMILES string of the molecule is CCNC(=O)C1CNc2ccccc2N1. The van der Waals surface area contributed by atoms with Crippen LogP contribution in [0.2, 0.25) is 0 Å². The summed E-state index contributed by atoms with van der Waals surface area (Å²) in [5.41, 5.74) is 2.04. The molecule has 1 unspecified atom stereocenters. The Morgan fingerprint density at radius 1 is 1.47 bits per heavy atom. The maximum Gasteiger partial charge on any atom is 0.244 e. The molecule has 0 aliphatic carbocycles. The van der Waals surface area contributed by atoms with Crippen molar-refractivity contribution >= 4 is 17.3 Å². The number of amides is 1. The molecule has 4 heteroatoms. The second-order valence-corrected chi connectivity index (χ2v) is 3.52. The third-order valence-electron chi connectivity index (χ3n) is 2.42. The summed E-state index contributed by atoms with van der Waals surface area (Å²) in [4.78, 5) is 11.6. The third-order valence-corrected chi connectivity index (χ3v) is 2.42. The number of hydrogen-bond acceptors (Lipinski definition) is 3. The monoisotopic (exact) mass is 205 g/mol. The number of anilines is 2. The fourth-order valence-corrected chi connectivity index (χ4v) is 1.67. The van der Waals surface area contributed by atoms with Crippen molar-refractivity contribution in [2.45, 2.75) is 13.0 Å². The molecule has 1 amide bonds. The van der Waals surface area contributed by atoms with Gasteiger partial charge in [0.05, 0.1) is 11.4 Å². The molecule has 0 bridgehead atoms. The van der Waals surface area contributed by atoms with E-state index in [0.29, 0.717) is 13.1 Å². The lowest BCUT2D eigenvalue weighted by molar-refractivity contribution is -0.121. The molecule has 1 aliphatic rings. The molecule has 4 nitrogen and oxygen atoms in total. The van der Waals surface area contributed by atoms with Gasteiger partial charge in [0.2, 0.25) is 5.91 Å². The largest absolute Gasteiger partial charge is 0.381 e. The average Bonchev–Trinajstić information content (AvgIpc) is 2.29. The van der Waals surface area contributed by atoms with Crippen LogP contribution in [0.4, 0.5) is 11.4 Å². The van der Waals surface area contributed by atoms with Crippen LogP contribution in [-0.2, 0) is 4.79 Å². The summed E-state index contributed by atoms with van der Waals surface area (Å²) in [6, 6.07) is 7.71. The molecule has 1 aromatic carbocycles. The number of hydrogen-bond donors (Lipinski definition) is 3. The minimum absolute atomic E-state index is 0.0412. The Bertz CT molecular complexity index is 365. The van der Waals surface area contributed by atoms with Crippen LogP contribution in [0.15, 0.2) is 24.3 Å². The summed E-state index contributed by atoms with van der Waals surface area (Å²) in [5.74, 6) is 0.0412. The zero-order chi connectivity index (χ0) is 10.7. The van der Waals surface area contributed by atoms with E-state index >= 15 is 0 Å². The molecule has 1 heterocycles. The average molecular weight is 205 g/mol. The van der Waals surface area contributed by atoms with Crippen molar-refractivity contribution in [3.05, 3.63) is 24.3 Å². The van der Waals surface area contributed by atoms with Crippen molar-refractivity contribution in [3.8, 4) is 0 Å². The highest BCUT2D eigenvalue weighted by Crippen LogP contribution is 2.24. The molecule has 15 heavy (non-hydrogen) atoms. The Kier molecular flexibility index (Phi) is 2.76. The normalized spacial score (nSPS) is 18.3. The molecule has 1 aliphatic heterocycles. The Balaban J connectivity index is 2.08. The zero-order valence-electron chi connectivity index (χ0n) is 8.71. The maximum atomic E-state index is 11.6. The summed E-state index contributed by atoms with van der Waals surface area (Å²) in [6.07, 6.45) is 0. The Hall–Kier alpha value is -1.71. The highest BCUT2D eigenvalue weighted by Gasteiger charge is 2.22. The number of carbonyl (C=O) groups excluding carboxylic acids is 1. The van der Waals surface area contributed by atoms with Gasteiger partial charge in [-0.15, -0.1) is 0 Å². The Morgan fingerprint density at radius 3 is 2.93 bits per heavy atom. The topological polar surface area (TPSA) is 53.2 Å². The van der Waals surface area contributed by atoms with Gasteiger partial charge in [-0.25, -0.2) is 0 Å². The Morgan fingerprint density at radius 2 is 2.20 bits per heavy atom. The predicted octanol–water partition coefficient (Wildman–Crippen LogP) is 1.03. The molecule has 0 saturated carbocycles. The first-order valence-corrected chi connectivity index (χ1v) is 5.18. The van der Waals surface area contributed by atoms with Crippen LogP contribution in [0, 0.1) is 0 Å². The highest BCUT2D eigenvalue weighted by molar-refractivity contribution is 5.88. The van der Waals surface area contributed by atoms with Crippen molar-refractivity contribution in [1.29, 1.82) is 0 Å². The van der Waals surface area contributed by atoms with Gasteiger partial charge in [-0.1, -0.05) is 12.1 Å². The van der Waals surface area contributed by atoms with Crippen molar-refractivity contribution < 1.29 is 4.79 Å². The van der Waals surface area contributed by atoms with E-state index < -0.39 is 0 Å². The number of fused-ring (bicyclic) bond motifs is 1. The first-order valence-electron chi connectivity index (χ1n) is 5.18. The molecular formula is C11H15N3O. The van der Waals surface area contributed by atoms with E-state index in [0.717, 1.165) is 11.4 Å². The summed E-state index contributed by atoms with van der Waals surface area (Å²) in [5, 5.41) is 9.24. The van der Waals surface area contributed by atoms with Gasteiger partial charge < -0.3 is 16.0 Å². The van der Waals surface area contributed by atoms with Crippen LogP contribution in [0.3, 0.4) is 0 Å². The van der Waals surface area contributed by atoms with Crippen LogP contribution >= 0.6 is 0 Å². The summed E-state index contributed by atoms with van der Waals surface area (Å²) in [6.45, 7) is 3.21. The number of para-hydroxylation sites is 2. The predicted molar refractivity (Wildman–Crippen MR) is 61.0 cm³/mol. The van der Waals surface area contributed by atoms with Crippen LogP contribution in [0.1, 0.15) is 6.92 Å². The molecule has 0 saturated heterocycles. The van der Waals surface area contributed by atoms with E-state index in [9.17, 15) is 4.79 Å². The van der Waals surface area contributed by atoms with Crippen molar-refractivity contribution in [3.63, 3.8) is 0 Å². The molecule has 80 valence electrons. The van der Waals surface area contributed by atoms with E-state index in [4.69, 9.17) is 0 Å². The number of benzene rings is 1. The van der Waals surface area contributed by atoms with Gasteiger partial charge in [0.25, 0.3) is 0 Å². The van der Waals surface area contributed by atoms with Crippen molar-refractivity contribution in [2.24, 2.45) is 0 Å². The molecular weight excluding hydrogens is 190 g/mol. The first kappa shape index (κ1) is 9.83. The molecule has 1 atom stereocenters. The summed E-state index contributed by atoms with van der Waals surface area (Å²) < 4.78 is 0. The fourth-order valence-electron chi connectivity index (χ4n) is 1.67. The molecule has 0 fully saturated rings. The minimum Gasteiger partial charge on any atom is -0.381 e. The number of nitrogens with one attached hydrogen (secondary N) is 3. The molecule has 0 aromatic heterocycles. The van der Waals surface area contributed by atoms with Crippen molar-refractivity contribution in [2.75, 3.05) is 23.7 Å². The first-order chi connectivity index (χ1) is 7.31. The number of rotatable bonds is 2. The van der Waals surface area contributed by atoms with Gasteiger partial charge in [-0.2, -0.15) is 0 Å². The van der Waals surface area contributed by atoms with Gasteiger partial charge in [0.1, 0.15) is 6.04 Å². The second-order valence-electron chi connectivity index (χ2n) is 3.52. The zero-order valence-corrected chi connectivity index (χ0v) is 8.71. The highest BCUT2D eigenvalue weighted by atomic mass is 16.2. The number of likely N-dealkylation sites (N-methyl/N-ethyl adjacent to an activating group) is 1. The fraction of sp³-hybridized carbons (Fsp3) is 0.364. The van der Waals surface area contributed by atoms with E-state index in [-0.39, 0.29) is 11.9 Å². The Labute approximate surface area is 89.1 Å². The smallest absolute Gasteiger partial charge is 0.244 e. The molecule has 2 rings (SSSR count). The van der Waals surface area contributed by atoms with E-state index in [2.05, 4.69) is 16.0 Å². The van der Waals surface area contributed by atoms with Gasteiger partial charge in [0.15, 0.2) is 0 Å². The van der Waals surface area contributed by atoms with E-state index in [1.54, 1.807) is 0 Å². The second kappa shape index (κ2) is 4.21. The van der Waals surface area contributed by atoms with E-state index in [1.165, 1.54) is 0 Å². The standard InChI is InChI=1S/C11H15N3O/c1-2-12-11(15)10-7-13-8-5-3-4-6-9(8)14-10/h3-6,10,13-14H,2,7H2,1H3,(H,12,15). The van der Waals surface area contributed by atoms with Crippen LogP contribution < -0.4 is 16.0 Å². The molecule has 0 radical (unpaired) electrons. The number of carbonyl (C=O) groups is 1. The lowest BCUT2D eigenvalue weighted by Crippen LogP contribution is -2.45. The quantitative estimate of drug-likeness (QED) is 0.676.